The number of likely N-dealkylation sites (tertiary alicyclic amines) is 1. The standard InChI is InChI=1S/C17H23ClN2O5/c1-23-9-11-4-3-5-20(8-11)17(22)12-6-13(18)16(14(7-12)24-2)25-10-15(19)21/h6-7,11H,3-5,8-10H2,1-2H3,(H2,19,21). The predicted molar refractivity (Wildman–Crippen MR) is 93.2 cm³/mol. The van der Waals surface area contributed by atoms with Crippen LogP contribution in [0.3, 0.4) is 0 Å². The van der Waals surface area contributed by atoms with Crippen molar-refractivity contribution in [1.82, 2.24) is 4.90 Å². The largest absolute Gasteiger partial charge is 0.493 e. The van der Waals surface area contributed by atoms with Gasteiger partial charge in [-0.2, -0.15) is 0 Å². The van der Waals surface area contributed by atoms with Gasteiger partial charge in [-0.1, -0.05) is 11.6 Å². The average molecular weight is 371 g/mol. The number of nitrogens with zero attached hydrogens (tertiary/aromatic N) is 1. The molecule has 2 N–H and O–H groups in total. The third-order valence-corrected chi connectivity index (χ3v) is 4.32. The van der Waals surface area contributed by atoms with Crippen molar-refractivity contribution in [2.24, 2.45) is 11.7 Å². The summed E-state index contributed by atoms with van der Waals surface area (Å²) in [5, 5.41) is 0.189. The van der Waals surface area contributed by atoms with Crippen molar-refractivity contribution >= 4 is 23.4 Å². The zero-order chi connectivity index (χ0) is 18.4. The number of carbonyl (C=O) groups excluding carboxylic acids is 2. The second-order valence-corrected chi connectivity index (χ2v) is 6.37. The molecule has 1 unspecified atom stereocenters. The van der Waals surface area contributed by atoms with E-state index in [1.807, 2.05) is 0 Å². The number of piperidine rings is 1. The SMILES string of the molecule is COCC1CCCN(C(=O)c2cc(Cl)c(OCC(N)=O)c(OC)c2)C1. The molecule has 0 bridgehead atoms. The number of benzene rings is 1. The number of hydrogen-bond acceptors (Lipinski definition) is 5. The smallest absolute Gasteiger partial charge is 0.255 e. The first-order valence-corrected chi connectivity index (χ1v) is 8.41. The van der Waals surface area contributed by atoms with Crippen molar-refractivity contribution in [1.29, 1.82) is 0 Å². The maximum absolute atomic E-state index is 12.8. The van der Waals surface area contributed by atoms with Gasteiger partial charge in [0.25, 0.3) is 11.8 Å². The summed E-state index contributed by atoms with van der Waals surface area (Å²) in [6.07, 6.45) is 1.98. The Morgan fingerprint density at radius 2 is 2.12 bits per heavy atom. The molecule has 1 heterocycles. The quantitative estimate of drug-likeness (QED) is 0.789. The van der Waals surface area contributed by atoms with Crippen molar-refractivity contribution in [2.75, 3.05) is 40.5 Å². The number of methoxy groups -OCH3 is 2. The molecule has 0 spiro atoms. The summed E-state index contributed by atoms with van der Waals surface area (Å²) >= 11 is 6.21. The number of amides is 2. The Morgan fingerprint density at radius 1 is 1.36 bits per heavy atom. The van der Waals surface area contributed by atoms with E-state index < -0.39 is 5.91 Å². The minimum absolute atomic E-state index is 0.123. The summed E-state index contributed by atoms with van der Waals surface area (Å²) in [5.41, 5.74) is 5.48. The summed E-state index contributed by atoms with van der Waals surface area (Å²) in [6.45, 7) is 1.65. The zero-order valence-electron chi connectivity index (χ0n) is 14.4. The fourth-order valence-corrected chi connectivity index (χ4v) is 3.20. The van der Waals surface area contributed by atoms with Crippen LogP contribution in [0, 0.1) is 5.92 Å². The van der Waals surface area contributed by atoms with Gasteiger partial charge in [-0.25, -0.2) is 0 Å². The van der Waals surface area contributed by atoms with Gasteiger partial charge in [0.1, 0.15) is 0 Å². The third-order valence-electron chi connectivity index (χ3n) is 4.04. The first-order chi connectivity index (χ1) is 12.0. The van der Waals surface area contributed by atoms with Crippen molar-refractivity contribution in [2.45, 2.75) is 12.8 Å². The minimum atomic E-state index is -0.629. The molecule has 0 saturated carbocycles. The molecule has 0 aliphatic carbocycles. The number of hydrogen-bond donors (Lipinski definition) is 1. The predicted octanol–water partition coefficient (Wildman–Crippen LogP) is 1.71. The molecule has 1 fully saturated rings. The van der Waals surface area contributed by atoms with E-state index in [0.29, 0.717) is 31.2 Å². The lowest BCUT2D eigenvalue weighted by Crippen LogP contribution is -2.41. The Labute approximate surface area is 152 Å². The second kappa shape index (κ2) is 8.92. The van der Waals surface area contributed by atoms with Crippen LogP contribution in [0.2, 0.25) is 5.02 Å². The van der Waals surface area contributed by atoms with Crippen molar-refractivity contribution < 1.29 is 23.8 Å². The summed E-state index contributed by atoms with van der Waals surface area (Å²) in [4.78, 5) is 25.5. The molecule has 138 valence electrons. The number of carbonyl (C=O) groups is 2. The Kier molecular flexibility index (Phi) is 6.90. The maximum atomic E-state index is 12.8. The topological polar surface area (TPSA) is 91.1 Å². The van der Waals surface area contributed by atoms with Crippen LogP contribution >= 0.6 is 11.6 Å². The lowest BCUT2D eigenvalue weighted by Gasteiger charge is -2.32. The van der Waals surface area contributed by atoms with Crippen LogP contribution in [0.1, 0.15) is 23.2 Å². The summed E-state index contributed by atoms with van der Waals surface area (Å²) < 4.78 is 15.7. The van der Waals surface area contributed by atoms with Gasteiger partial charge in [0.05, 0.1) is 18.7 Å². The fraction of sp³-hybridized carbons (Fsp3) is 0.529. The first-order valence-electron chi connectivity index (χ1n) is 8.03. The molecule has 25 heavy (non-hydrogen) atoms. The van der Waals surface area contributed by atoms with Gasteiger partial charge >= 0.3 is 0 Å². The van der Waals surface area contributed by atoms with Crippen LogP contribution in [-0.4, -0.2) is 57.2 Å². The van der Waals surface area contributed by atoms with E-state index in [2.05, 4.69) is 0 Å². The lowest BCUT2D eigenvalue weighted by atomic mass is 9.98. The van der Waals surface area contributed by atoms with Crippen LogP contribution < -0.4 is 15.2 Å². The normalized spacial score (nSPS) is 17.2. The molecule has 2 rings (SSSR count). The number of rotatable bonds is 7. The van der Waals surface area contributed by atoms with E-state index in [4.69, 9.17) is 31.5 Å². The van der Waals surface area contributed by atoms with Crippen LogP contribution in [0.4, 0.5) is 0 Å². The van der Waals surface area contributed by atoms with Crippen LogP contribution in [0.15, 0.2) is 12.1 Å². The number of nitrogens with two attached hydrogens (primary N) is 1. The van der Waals surface area contributed by atoms with Gasteiger partial charge in [0.15, 0.2) is 18.1 Å². The van der Waals surface area contributed by atoms with Gasteiger partial charge in [-0.15, -0.1) is 0 Å². The summed E-state index contributed by atoms with van der Waals surface area (Å²) in [7, 11) is 3.10. The van der Waals surface area contributed by atoms with Gasteiger partial charge in [-0.05, 0) is 30.9 Å². The van der Waals surface area contributed by atoms with Gasteiger partial charge < -0.3 is 24.8 Å². The molecule has 2 amide bonds. The molecule has 0 aromatic heterocycles. The van der Waals surface area contributed by atoms with Gasteiger partial charge in [0, 0.05) is 25.8 Å². The van der Waals surface area contributed by atoms with E-state index >= 15 is 0 Å². The van der Waals surface area contributed by atoms with E-state index in [1.54, 1.807) is 18.1 Å². The highest BCUT2D eigenvalue weighted by Crippen LogP contribution is 2.37. The molecule has 1 aliphatic rings. The highest BCUT2D eigenvalue weighted by atomic mass is 35.5. The Morgan fingerprint density at radius 3 is 2.76 bits per heavy atom. The third kappa shape index (κ3) is 4.99. The van der Waals surface area contributed by atoms with Crippen molar-refractivity contribution in [3.05, 3.63) is 22.7 Å². The second-order valence-electron chi connectivity index (χ2n) is 5.96. The van der Waals surface area contributed by atoms with Crippen molar-refractivity contribution in [3.8, 4) is 11.5 Å². The molecular formula is C17H23ClN2O5. The minimum Gasteiger partial charge on any atom is -0.493 e. The van der Waals surface area contributed by atoms with Crippen LogP contribution in [0.25, 0.3) is 0 Å². The number of ether oxygens (including phenoxy) is 3. The average Bonchev–Trinajstić information content (AvgIpc) is 2.59. The molecule has 1 aliphatic heterocycles. The monoisotopic (exact) mass is 370 g/mol. The number of halogens is 1. The molecule has 1 aromatic carbocycles. The van der Waals surface area contributed by atoms with Gasteiger partial charge in [-0.3, -0.25) is 9.59 Å². The molecule has 1 aromatic rings. The molecular weight excluding hydrogens is 348 g/mol. The summed E-state index contributed by atoms with van der Waals surface area (Å²) in [6, 6.07) is 3.08. The van der Waals surface area contributed by atoms with E-state index in [-0.39, 0.29) is 29.0 Å². The lowest BCUT2D eigenvalue weighted by molar-refractivity contribution is -0.119. The molecule has 0 radical (unpaired) electrons. The maximum Gasteiger partial charge on any atom is 0.255 e. The highest BCUT2D eigenvalue weighted by Gasteiger charge is 2.26. The fourth-order valence-electron chi connectivity index (χ4n) is 2.93. The number of primary amides is 1. The van der Waals surface area contributed by atoms with E-state index in [0.717, 1.165) is 12.8 Å². The van der Waals surface area contributed by atoms with Gasteiger partial charge in [0.2, 0.25) is 0 Å². The zero-order valence-corrected chi connectivity index (χ0v) is 15.2. The summed E-state index contributed by atoms with van der Waals surface area (Å²) in [5.74, 6) is 0.0504. The highest BCUT2D eigenvalue weighted by molar-refractivity contribution is 6.32. The van der Waals surface area contributed by atoms with Crippen LogP contribution in [0.5, 0.6) is 11.5 Å². The van der Waals surface area contributed by atoms with Crippen molar-refractivity contribution in [3.63, 3.8) is 0 Å². The molecule has 1 atom stereocenters. The Bertz CT molecular complexity index is 636. The molecule has 7 nitrogen and oxygen atoms in total. The Balaban J connectivity index is 2.19. The first kappa shape index (κ1) is 19.3. The Hall–Kier alpha value is -1.99. The van der Waals surface area contributed by atoms with E-state index in [9.17, 15) is 9.59 Å². The molecule has 8 heteroatoms. The van der Waals surface area contributed by atoms with E-state index in [1.165, 1.54) is 13.2 Å². The molecule has 1 saturated heterocycles. The van der Waals surface area contributed by atoms with Crippen LogP contribution in [-0.2, 0) is 9.53 Å².